The number of aryl methyl sites for hydroxylation is 1. The molecule has 0 aromatic heterocycles. The summed E-state index contributed by atoms with van der Waals surface area (Å²) in [4.78, 5) is 39.8. The lowest BCUT2D eigenvalue weighted by Crippen LogP contribution is -2.47. The van der Waals surface area contributed by atoms with Crippen LogP contribution in [0.15, 0.2) is 18.2 Å². The van der Waals surface area contributed by atoms with Gasteiger partial charge in [0.25, 0.3) is 0 Å². The number of aromatic carboxylic acids is 1. The third-order valence-corrected chi connectivity index (χ3v) is 5.25. The van der Waals surface area contributed by atoms with E-state index in [4.69, 9.17) is 0 Å². The number of rotatable bonds is 3. The van der Waals surface area contributed by atoms with Gasteiger partial charge < -0.3 is 20.2 Å². The average Bonchev–Trinajstić information content (AvgIpc) is 3.17. The van der Waals surface area contributed by atoms with Gasteiger partial charge in [0.1, 0.15) is 0 Å². The van der Waals surface area contributed by atoms with Crippen LogP contribution >= 0.6 is 0 Å². The van der Waals surface area contributed by atoms with E-state index < -0.39 is 5.97 Å². The van der Waals surface area contributed by atoms with Crippen LogP contribution in [0.1, 0.15) is 41.6 Å². The minimum atomic E-state index is -1.01. The number of hydrogen-bond donors (Lipinski definition) is 2. The number of likely N-dealkylation sites (tertiary alicyclic amines) is 2. The second-order valence-corrected chi connectivity index (χ2v) is 7.06. The maximum atomic E-state index is 12.5. The Bertz CT molecular complexity index is 705. The monoisotopic (exact) mass is 359 g/mol. The number of benzene rings is 1. The highest BCUT2D eigenvalue weighted by atomic mass is 16.4. The van der Waals surface area contributed by atoms with E-state index >= 15 is 0 Å². The summed E-state index contributed by atoms with van der Waals surface area (Å²) in [5.41, 5.74) is 1.34. The number of urea groups is 1. The normalized spacial score (nSPS) is 18.0. The molecule has 2 aliphatic heterocycles. The molecular weight excluding hydrogens is 334 g/mol. The van der Waals surface area contributed by atoms with Gasteiger partial charge in [0.2, 0.25) is 5.91 Å². The molecule has 0 atom stereocenters. The Morgan fingerprint density at radius 2 is 1.65 bits per heavy atom. The van der Waals surface area contributed by atoms with Gasteiger partial charge in [0.15, 0.2) is 0 Å². The molecular formula is C19H25N3O4. The Hall–Kier alpha value is -2.57. The molecule has 26 heavy (non-hydrogen) atoms. The molecule has 7 heteroatoms. The fourth-order valence-corrected chi connectivity index (χ4v) is 3.62. The maximum Gasteiger partial charge on any atom is 0.336 e. The Morgan fingerprint density at radius 3 is 2.27 bits per heavy atom. The molecule has 0 unspecified atom stereocenters. The number of amides is 3. The van der Waals surface area contributed by atoms with E-state index in [1.165, 1.54) is 6.07 Å². The van der Waals surface area contributed by atoms with Crippen molar-refractivity contribution in [3.63, 3.8) is 0 Å². The maximum absolute atomic E-state index is 12.5. The predicted octanol–water partition coefficient (Wildman–Crippen LogP) is 2.56. The molecule has 1 aromatic carbocycles. The van der Waals surface area contributed by atoms with Crippen molar-refractivity contribution in [3.05, 3.63) is 29.3 Å². The van der Waals surface area contributed by atoms with Crippen molar-refractivity contribution in [1.82, 2.24) is 9.80 Å². The van der Waals surface area contributed by atoms with Gasteiger partial charge in [-0.1, -0.05) is 6.07 Å². The third kappa shape index (κ3) is 3.98. The first-order chi connectivity index (χ1) is 12.5. The second kappa shape index (κ2) is 7.76. The SMILES string of the molecule is Cc1ccc(NC(=O)C2CCN(C(=O)N3CCCC3)CC2)cc1C(=O)O. The van der Waals surface area contributed by atoms with Gasteiger partial charge in [-0.15, -0.1) is 0 Å². The van der Waals surface area contributed by atoms with Crippen LogP contribution < -0.4 is 5.32 Å². The molecule has 140 valence electrons. The Labute approximate surface area is 153 Å². The third-order valence-electron chi connectivity index (χ3n) is 5.25. The highest BCUT2D eigenvalue weighted by molar-refractivity contribution is 5.95. The number of carbonyl (C=O) groups is 3. The van der Waals surface area contributed by atoms with Gasteiger partial charge >= 0.3 is 12.0 Å². The summed E-state index contributed by atoms with van der Waals surface area (Å²) in [5, 5.41) is 12.0. The van der Waals surface area contributed by atoms with E-state index in [9.17, 15) is 19.5 Å². The van der Waals surface area contributed by atoms with Crippen LogP contribution in [-0.4, -0.2) is 59.0 Å². The number of nitrogens with one attached hydrogen (secondary N) is 1. The quantitative estimate of drug-likeness (QED) is 0.868. The van der Waals surface area contributed by atoms with Crippen LogP contribution in [0.2, 0.25) is 0 Å². The summed E-state index contributed by atoms with van der Waals surface area (Å²) < 4.78 is 0. The van der Waals surface area contributed by atoms with Crippen molar-refractivity contribution >= 4 is 23.6 Å². The molecule has 2 aliphatic rings. The molecule has 3 amide bonds. The minimum absolute atomic E-state index is 0.0889. The van der Waals surface area contributed by atoms with Crippen LogP contribution in [0.4, 0.5) is 10.5 Å². The summed E-state index contributed by atoms with van der Waals surface area (Å²) in [5.74, 6) is -1.28. The molecule has 2 saturated heterocycles. The lowest BCUT2D eigenvalue weighted by molar-refractivity contribution is -0.121. The highest BCUT2D eigenvalue weighted by Crippen LogP contribution is 2.22. The first-order valence-corrected chi connectivity index (χ1v) is 9.14. The number of piperidine rings is 1. The summed E-state index contributed by atoms with van der Waals surface area (Å²) in [6.45, 7) is 4.56. The number of carbonyl (C=O) groups excluding carboxylic acids is 2. The topological polar surface area (TPSA) is 90.0 Å². The molecule has 3 rings (SSSR count). The zero-order valence-electron chi connectivity index (χ0n) is 15.0. The first-order valence-electron chi connectivity index (χ1n) is 9.14. The molecule has 0 radical (unpaired) electrons. The zero-order chi connectivity index (χ0) is 18.7. The molecule has 1 aromatic rings. The van der Waals surface area contributed by atoms with Gasteiger partial charge in [-0.2, -0.15) is 0 Å². The van der Waals surface area contributed by atoms with Gasteiger partial charge in [-0.05, 0) is 50.3 Å². The van der Waals surface area contributed by atoms with Crippen molar-refractivity contribution < 1.29 is 19.5 Å². The highest BCUT2D eigenvalue weighted by Gasteiger charge is 2.30. The van der Waals surface area contributed by atoms with E-state index in [-0.39, 0.29) is 23.4 Å². The van der Waals surface area contributed by atoms with Gasteiger partial charge in [-0.25, -0.2) is 9.59 Å². The molecule has 0 aliphatic carbocycles. The average molecular weight is 359 g/mol. The fraction of sp³-hybridized carbons (Fsp3) is 0.526. The number of anilines is 1. The van der Waals surface area contributed by atoms with E-state index in [1.54, 1.807) is 19.1 Å². The second-order valence-electron chi connectivity index (χ2n) is 7.06. The van der Waals surface area contributed by atoms with Crippen LogP contribution in [0.3, 0.4) is 0 Å². The largest absolute Gasteiger partial charge is 0.478 e. The van der Waals surface area contributed by atoms with Crippen LogP contribution in [0.25, 0.3) is 0 Å². The van der Waals surface area contributed by atoms with E-state index in [0.29, 0.717) is 37.2 Å². The fourth-order valence-electron chi connectivity index (χ4n) is 3.62. The molecule has 7 nitrogen and oxygen atoms in total. The molecule has 2 fully saturated rings. The molecule has 0 spiro atoms. The van der Waals surface area contributed by atoms with Crippen LogP contribution in [0, 0.1) is 12.8 Å². The van der Waals surface area contributed by atoms with Gasteiger partial charge in [0, 0.05) is 37.8 Å². The van der Waals surface area contributed by atoms with Gasteiger partial charge in [-0.3, -0.25) is 4.79 Å². The predicted molar refractivity (Wildman–Crippen MR) is 97.3 cm³/mol. The Kier molecular flexibility index (Phi) is 5.44. The van der Waals surface area contributed by atoms with Crippen molar-refractivity contribution in [1.29, 1.82) is 0 Å². The smallest absolute Gasteiger partial charge is 0.336 e. The lowest BCUT2D eigenvalue weighted by atomic mass is 9.96. The standard InChI is InChI=1S/C19H25N3O4/c1-13-4-5-15(12-16(13)18(24)25)20-17(23)14-6-10-22(11-7-14)19(26)21-8-2-3-9-21/h4-5,12,14H,2-3,6-11H2,1H3,(H,20,23)(H,24,25). The molecule has 0 saturated carbocycles. The van der Waals surface area contributed by atoms with E-state index in [2.05, 4.69) is 5.32 Å². The van der Waals surface area contributed by atoms with Crippen molar-refractivity contribution in [2.24, 2.45) is 5.92 Å². The van der Waals surface area contributed by atoms with Crippen molar-refractivity contribution in [3.8, 4) is 0 Å². The summed E-state index contributed by atoms with van der Waals surface area (Å²) in [6, 6.07) is 4.98. The number of nitrogens with zero attached hydrogens (tertiary/aromatic N) is 2. The number of carboxylic acids is 1. The molecule has 2 N–H and O–H groups in total. The van der Waals surface area contributed by atoms with Gasteiger partial charge in [0.05, 0.1) is 5.56 Å². The van der Waals surface area contributed by atoms with E-state index in [0.717, 1.165) is 25.9 Å². The minimum Gasteiger partial charge on any atom is -0.478 e. The van der Waals surface area contributed by atoms with Crippen LogP contribution in [0.5, 0.6) is 0 Å². The Morgan fingerprint density at radius 1 is 1.04 bits per heavy atom. The molecule has 0 bridgehead atoms. The summed E-state index contributed by atoms with van der Waals surface area (Å²) >= 11 is 0. The van der Waals surface area contributed by atoms with Crippen LogP contribution in [-0.2, 0) is 4.79 Å². The summed E-state index contributed by atoms with van der Waals surface area (Å²) in [7, 11) is 0. The molecule has 2 heterocycles. The zero-order valence-corrected chi connectivity index (χ0v) is 15.0. The first kappa shape index (κ1) is 18.2. The van der Waals surface area contributed by atoms with Crippen molar-refractivity contribution in [2.75, 3.05) is 31.5 Å². The Balaban J connectivity index is 1.54. The number of carboxylic acid groups (broad SMARTS) is 1. The number of hydrogen-bond acceptors (Lipinski definition) is 3. The van der Waals surface area contributed by atoms with E-state index in [1.807, 2.05) is 9.80 Å². The summed E-state index contributed by atoms with van der Waals surface area (Å²) in [6.07, 6.45) is 3.39. The van der Waals surface area contributed by atoms with Crippen molar-refractivity contribution in [2.45, 2.75) is 32.6 Å². The lowest BCUT2D eigenvalue weighted by Gasteiger charge is -2.34.